The van der Waals surface area contributed by atoms with E-state index in [1.165, 1.54) is 6.07 Å². The Labute approximate surface area is 167 Å². The van der Waals surface area contributed by atoms with E-state index in [0.29, 0.717) is 42.2 Å². The number of aromatic nitrogens is 2. The first kappa shape index (κ1) is 19.4. The topological polar surface area (TPSA) is 58.2 Å². The van der Waals surface area contributed by atoms with E-state index in [1.807, 2.05) is 24.0 Å². The van der Waals surface area contributed by atoms with Gasteiger partial charge in [-0.15, -0.1) is 0 Å². The number of halogens is 2. The standard InChI is InChI=1S/C22H23F2N3O2/c1-2-29-18-9-4-3-8-15(18)22(28)27-12-6-5-7-14(27)13-19-25-17-11-10-16(23)20(24)21(17)26-19/h3-4,8-11,14H,2,5-7,12-13H2,1H3,(H,25,26). The number of hydrogen-bond acceptors (Lipinski definition) is 3. The summed E-state index contributed by atoms with van der Waals surface area (Å²) in [4.78, 5) is 22.4. The van der Waals surface area contributed by atoms with E-state index < -0.39 is 11.6 Å². The van der Waals surface area contributed by atoms with Crippen LogP contribution in [0.2, 0.25) is 0 Å². The Morgan fingerprint density at radius 1 is 1.24 bits per heavy atom. The van der Waals surface area contributed by atoms with Crippen molar-refractivity contribution in [3.8, 4) is 5.75 Å². The van der Waals surface area contributed by atoms with Gasteiger partial charge in [0.25, 0.3) is 5.91 Å². The van der Waals surface area contributed by atoms with Gasteiger partial charge in [0.05, 0.1) is 17.7 Å². The molecule has 1 atom stereocenters. The highest BCUT2D eigenvalue weighted by Gasteiger charge is 2.30. The van der Waals surface area contributed by atoms with Gasteiger partial charge < -0.3 is 14.6 Å². The number of hydrogen-bond donors (Lipinski definition) is 1. The van der Waals surface area contributed by atoms with Crippen LogP contribution in [0.25, 0.3) is 11.0 Å². The second-order valence-corrected chi connectivity index (χ2v) is 7.22. The third-order valence-electron chi connectivity index (χ3n) is 5.33. The SMILES string of the molecule is CCOc1ccccc1C(=O)N1CCCCC1Cc1nc2c(F)c(F)ccc2[nH]1. The Hall–Kier alpha value is -2.96. The maximum absolute atomic E-state index is 14.0. The van der Waals surface area contributed by atoms with Crippen molar-refractivity contribution in [2.75, 3.05) is 13.2 Å². The quantitative estimate of drug-likeness (QED) is 0.688. The zero-order chi connectivity index (χ0) is 20.4. The molecule has 1 aliphatic heterocycles. The largest absolute Gasteiger partial charge is 0.493 e. The van der Waals surface area contributed by atoms with Crippen LogP contribution in [-0.4, -0.2) is 40.0 Å². The summed E-state index contributed by atoms with van der Waals surface area (Å²) >= 11 is 0. The molecule has 2 heterocycles. The van der Waals surface area contributed by atoms with E-state index in [-0.39, 0.29) is 17.5 Å². The predicted octanol–water partition coefficient (Wildman–Crippen LogP) is 4.48. The van der Waals surface area contributed by atoms with Gasteiger partial charge in [0.2, 0.25) is 0 Å². The van der Waals surface area contributed by atoms with Crippen molar-refractivity contribution in [2.45, 2.75) is 38.6 Å². The lowest BCUT2D eigenvalue weighted by Crippen LogP contribution is -2.45. The van der Waals surface area contributed by atoms with Crippen LogP contribution in [0.15, 0.2) is 36.4 Å². The molecule has 0 saturated carbocycles. The number of piperidine rings is 1. The van der Waals surface area contributed by atoms with Gasteiger partial charge in [0, 0.05) is 19.0 Å². The average molecular weight is 399 g/mol. The summed E-state index contributed by atoms with van der Waals surface area (Å²) in [6.45, 7) is 3.01. The first-order valence-corrected chi connectivity index (χ1v) is 9.94. The highest BCUT2D eigenvalue weighted by atomic mass is 19.2. The molecule has 1 aromatic heterocycles. The molecular weight excluding hydrogens is 376 g/mol. The molecule has 3 aromatic rings. The minimum atomic E-state index is -0.952. The summed E-state index contributed by atoms with van der Waals surface area (Å²) in [5, 5.41) is 0. The minimum Gasteiger partial charge on any atom is -0.493 e. The van der Waals surface area contributed by atoms with Gasteiger partial charge in [0.1, 0.15) is 17.1 Å². The molecular formula is C22H23F2N3O2. The Morgan fingerprint density at radius 3 is 2.90 bits per heavy atom. The van der Waals surface area contributed by atoms with Crippen LogP contribution in [0.5, 0.6) is 5.75 Å². The summed E-state index contributed by atoms with van der Waals surface area (Å²) in [7, 11) is 0. The second-order valence-electron chi connectivity index (χ2n) is 7.22. The van der Waals surface area contributed by atoms with Crippen molar-refractivity contribution < 1.29 is 18.3 Å². The average Bonchev–Trinajstić information content (AvgIpc) is 3.15. The molecule has 4 rings (SSSR count). The summed E-state index contributed by atoms with van der Waals surface area (Å²) in [5.41, 5.74) is 0.989. The summed E-state index contributed by atoms with van der Waals surface area (Å²) in [6.07, 6.45) is 3.22. The fourth-order valence-electron chi connectivity index (χ4n) is 3.95. The molecule has 152 valence electrons. The van der Waals surface area contributed by atoms with Crippen LogP contribution in [0.3, 0.4) is 0 Å². The van der Waals surface area contributed by atoms with Crippen molar-refractivity contribution in [3.63, 3.8) is 0 Å². The van der Waals surface area contributed by atoms with Crippen LogP contribution < -0.4 is 4.74 Å². The number of nitrogens with zero attached hydrogens (tertiary/aromatic N) is 2. The molecule has 1 amide bonds. The zero-order valence-electron chi connectivity index (χ0n) is 16.3. The van der Waals surface area contributed by atoms with Crippen LogP contribution in [0, 0.1) is 11.6 Å². The summed E-state index contributed by atoms with van der Waals surface area (Å²) in [6, 6.07) is 9.74. The lowest BCUT2D eigenvalue weighted by atomic mass is 9.97. The predicted molar refractivity (Wildman–Crippen MR) is 106 cm³/mol. The monoisotopic (exact) mass is 399 g/mol. The molecule has 1 saturated heterocycles. The number of carbonyl (C=O) groups is 1. The first-order valence-electron chi connectivity index (χ1n) is 9.94. The fourth-order valence-corrected chi connectivity index (χ4v) is 3.95. The Balaban J connectivity index is 1.60. The third kappa shape index (κ3) is 3.81. The summed E-state index contributed by atoms with van der Waals surface area (Å²) in [5.74, 6) is -0.824. The van der Waals surface area contributed by atoms with Crippen LogP contribution in [-0.2, 0) is 6.42 Å². The highest BCUT2D eigenvalue weighted by molar-refractivity contribution is 5.97. The van der Waals surface area contributed by atoms with E-state index in [1.54, 1.807) is 12.1 Å². The number of imidazole rings is 1. The minimum absolute atomic E-state index is 0.00428. The smallest absolute Gasteiger partial charge is 0.257 e. The molecule has 1 unspecified atom stereocenters. The maximum atomic E-state index is 14.0. The molecule has 0 bridgehead atoms. The lowest BCUT2D eigenvalue weighted by molar-refractivity contribution is 0.0607. The third-order valence-corrected chi connectivity index (χ3v) is 5.33. The Kier molecular flexibility index (Phi) is 5.47. The van der Waals surface area contributed by atoms with Crippen LogP contribution >= 0.6 is 0 Å². The number of rotatable bonds is 5. The van der Waals surface area contributed by atoms with Gasteiger partial charge in [-0.05, 0) is 50.5 Å². The van der Waals surface area contributed by atoms with Crippen molar-refractivity contribution >= 4 is 16.9 Å². The Bertz CT molecular complexity index is 1030. The number of para-hydroxylation sites is 1. The number of nitrogens with one attached hydrogen (secondary N) is 1. The molecule has 1 aliphatic rings. The van der Waals surface area contributed by atoms with Gasteiger partial charge in [-0.2, -0.15) is 0 Å². The molecule has 5 nitrogen and oxygen atoms in total. The molecule has 29 heavy (non-hydrogen) atoms. The first-order chi connectivity index (χ1) is 14.1. The number of H-pyrrole nitrogens is 1. The van der Waals surface area contributed by atoms with E-state index in [4.69, 9.17) is 4.74 Å². The number of aromatic amines is 1. The Morgan fingerprint density at radius 2 is 2.07 bits per heavy atom. The molecule has 0 aliphatic carbocycles. The molecule has 0 radical (unpaired) electrons. The molecule has 1 N–H and O–H groups in total. The van der Waals surface area contributed by atoms with Gasteiger partial charge in [0.15, 0.2) is 11.6 Å². The zero-order valence-corrected chi connectivity index (χ0v) is 16.3. The van der Waals surface area contributed by atoms with Gasteiger partial charge in [-0.25, -0.2) is 13.8 Å². The van der Waals surface area contributed by atoms with Crippen LogP contribution in [0.4, 0.5) is 8.78 Å². The van der Waals surface area contributed by atoms with E-state index in [2.05, 4.69) is 9.97 Å². The number of benzene rings is 2. The maximum Gasteiger partial charge on any atom is 0.257 e. The fraction of sp³-hybridized carbons (Fsp3) is 0.364. The molecule has 2 aromatic carbocycles. The van der Waals surface area contributed by atoms with Crippen molar-refractivity contribution in [1.29, 1.82) is 0 Å². The lowest BCUT2D eigenvalue weighted by Gasteiger charge is -2.35. The van der Waals surface area contributed by atoms with Gasteiger partial charge in [-0.1, -0.05) is 12.1 Å². The van der Waals surface area contributed by atoms with Crippen molar-refractivity contribution in [2.24, 2.45) is 0 Å². The number of carbonyl (C=O) groups excluding carboxylic acids is 1. The van der Waals surface area contributed by atoms with Crippen molar-refractivity contribution in [1.82, 2.24) is 14.9 Å². The summed E-state index contributed by atoms with van der Waals surface area (Å²) < 4.78 is 33.1. The molecule has 7 heteroatoms. The highest BCUT2D eigenvalue weighted by Crippen LogP contribution is 2.27. The van der Waals surface area contributed by atoms with Gasteiger partial charge >= 0.3 is 0 Å². The number of fused-ring (bicyclic) bond motifs is 1. The van der Waals surface area contributed by atoms with E-state index in [0.717, 1.165) is 25.3 Å². The number of amides is 1. The van der Waals surface area contributed by atoms with Gasteiger partial charge in [-0.3, -0.25) is 4.79 Å². The normalized spacial score (nSPS) is 16.9. The second kappa shape index (κ2) is 8.19. The number of likely N-dealkylation sites (tertiary alicyclic amines) is 1. The molecule has 1 fully saturated rings. The van der Waals surface area contributed by atoms with Crippen LogP contribution in [0.1, 0.15) is 42.4 Å². The van der Waals surface area contributed by atoms with E-state index >= 15 is 0 Å². The number of ether oxygens (including phenoxy) is 1. The molecule has 0 spiro atoms. The van der Waals surface area contributed by atoms with Crippen molar-refractivity contribution in [3.05, 3.63) is 59.4 Å². The van der Waals surface area contributed by atoms with E-state index in [9.17, 15) is 13.6 Å².